The Hall–Kier alpha value is -0.680. The molecule has 2 N–H and O–H groups in total. The molecule has 2 rings (SSSR count). The molecule has 16 heavy (non-hydrogen) atoms. The molecule has 0 aromatic heterocycles. The number of benzene rings is 1. The van der Waals surface area contributed by atoms with Crippen molar-refractivity contribution in [2.75, 3.05) is 19.8 Å². The number of hydrogen-bond donors (Lipinski definition) is 1. The summed E-state index contributed by atoms with van der Waals surface area (Å²) in [5, 5.41) is 0.447. The summed E-state index contributed by atoms with van der Waals surface area (Å²) in [6, 6.07) is 3.67. The molecule has 1 saturated heterocycles. The van der Waals surface area contributed by atoms with Gasteiger partial charge in [-0.2, -0.15) is 0 Å². The largest absolute Gasteiger partial charge is 0.376 e. The van der Waals surface area contributed by atoms with Crippen molar-refractivity contribution in [1.82, 2.24) is 0 Å². The van der Waals surface area contributed by atoms with Gasteiger partial charge in [0.2, 0.25) is 0 Å². The number of halogens is 2. The molecule has 0 aliphatic carbocycles. The first kappa shape index (κ1) is 11.8. The molecule has 1 aromatic rings. The summed E-state index contributed by atoms with van der Waals surface area (Å²) in [7, 11) is 0. The Morgan fingerprint density at radius 2 is 2.25 bits per heavy atom. The highest BCUT2D eigenvalue weighted by molar-refractivity contribution is 6.31. The first-order chi connectivity index (χ1) is 7.68. The third-order valence-corrected chi connectivity index (χ3v) is 2.90. The Balaban J connectivity index is 2.18. The molecule has 0 saturated carbocycles. The topological polar surface area (TPSA) is 44.5 Å². The van der Waals surface area contributed by atoms with Crippen LogP contribution in [-0.4, -0.2) is 25.9 Å². The average Bonchev–Trinajstić information content (AvgIpc) is 2.32. The minimum atomic E-state index is -0.469. The van der Waals surface area contributed by atoms with Gasteiger partial charge in [-0.15, -0.1) is 0 Å². The SMILES string of the molecule is NC(c1cc(F)ccc1Cl)C1COCCO1. The van der Waals surface area contributed by atoms with Gasteiger partial charge in [-0.05, 0) is 23.8 Å². The Kier molecular flexibility index (Phi) is 3.76. The fourth-order valence-corrected chi connectivity index (χ4v) is 1.93. The summed E-state index contributed by atoms with van der Waals surface area (Å²) in [4.78, 5) is 0. The van der Waals surface area contributed by atoms with Gasteiger partial charge in [-0.25, -0.2) is 4.39 Å². The molecule has 1 aliphatic heterocycles. The van der Waals surface area contributed by atoms with Gasteiger partial charge < -0.3 is 15.2 Å². The van der Waals surface area contributed by atoms with E-state index in [1.54, 1.807) is 0 Å². The van der Waals surface area contributed by atoms with Crippen molar-refractivity contribution in [3.63, 3.8) is 0 Å². The molecule has 1 aromatic carbocycles. The van der Waals surface area contributed by atoms with Gasteiger partial charge in [-0.1, -0.05) is 11.6 Å². The maximum atomic E-state index is 13.1. The molecule has 0 spiro atoms. The quantitative estimate of drug-likeness (QED) is 0.866. The van der Waals surface area contributed by atoms with E-state index in [1.165, 1.54) is 18.2 Å². The van der Waals surface area contributed by atoms with Crippen molar-refractivity contribution in [1.29, 1.82) is 0 Å². The van der Waals surface area contributed by atoms with Gasteiger partial charge in [-0.3, -0.25) is 0 Å². The lowest BCUT2D eigenvalue weighted by atomic mass is 10.0. The highest BCUT2D eigenvalue weighted by Crippen LogP contribution is 2.26. The van der Waals surface area contributed by atoms with Crippen LogP contribution in [-0.2, 0) is 9.47 Å². The van der Waals surface area contributed by atoms with Gasteiger partial charge in [0, 0.05) is 5.02 Å². The van der Waals surface area contributed by atoms with Crippen LogP contribution in [0.5, 0.6) is 0 Å². The van der Waals surface area contributed by atoms with Crippen LogP contribution in [0.3, 0.4) is 0 Å². The number of rotatable bonds is 2. The predicted molar refractivity (Wildman–Crippen MR) is 58.9 cm³/mol. The lowest BCUT2D eigenvalue weighted by molar-refractivity contribution is -0.0975. The summed E-state index contributed by atoms with van der Waals surface area (Å²) in [5.41, 5.74) is 6.54. The van der Waals surface area contributed by atoms with Crippen molar-refractivity contribution >= 4 is 11.6 Å². The molecule has 1 fully saturated rings. The summed E-state index contributed by atoms with van der Waals surface area (Å²) < 4.78 is 23.8. The second-order valence-corrected chi connectivity index (χ2v) is 4.08. The van der Waals surface area contributed by atoms with Gasteiger partial charge in [0.25, 0.3) is 0 Å². The summed E-state index contributed by atoms with van der Waals surface area (Å²) in [6.07, 6.45) is -0.270. The first-order valence-corrected chi connectivity index (χ1v) is 5.46. The van der Waals surface area contributed by atoms with Crippen LogP contribution in [0.2, 0.25) is 5.02 Å². The van der Waals surface area contributed by atoms with Gasteiger partial charge >= 0.3 is 0 Å². The summed E-state index contributed by atoms with van der Waals surface area (Å²) in [6.45, 7) is 1.49. The predicted octanol–water partition coefficient (Wildman–Crippen LogP) is 1.89. The maximum Gasteiger partial charge on any atom is 0.123 e. The molecule has 0 radical (unpaired) electrons. The molecule has 0 amide bonds. The van der Waals surface area contributed by atoms with E-state index in [1.807, 2.05) is 0 Å². The monoisotopic (exact) mass is 245 g/mol. The zero-order valence-electron chi connectivity index (χ0n) is 8.66. The first-order valence-electron chi connectivity index (χ1n) is 5.08. The van der Waals surface area contributed by atoms with Crippen LogP contribution in [0.15, 0.2) is 18.2 Å². The second-order valence-electron chi connectivity index (χ2n) is 3.68. The zero-order chi connectivity index (χ0) is 11.5. The molecule has 5 heteroatoms. The average molecular weight is 246 g/mol. The van der Waals surface area contributed by atoms with Gasteiger partial charge in [0.15, 0.2) is 0 Å². The van der Waals surface area contributed by atoms with E-state index in [0.29, 0.717) is 30.4 Å². The summed E-state index contributed by atoms with van der Waals surface area (Å²) >= 11 is 5.97. The van der Waals surface area contributed by atoms with E-state index in [9.17, 15) is 4.39 Å². The normalized spacial score (nSPS) is 23.1. The van der Waals surface area contributed by atoms with Crippen LogP contribution in [0, 0.1) is 5.82 Å². The van der Waals surface area contributed by atoms with Crippen molar-refractivity contribution < 1.29 is 13.9 Å². The highest BCUT2D eigenvalue weighted by Gasteiger charge is 2.25. The standard InChI is InChI=1S/C11H13ClFNO2/c12-9-2-1-7(13)5-8(9)11(14)10-6-15-3-4-16-10/h1-2,5,10-11H,3-4,6,14H2. The van der Waals surface area contributed by atoms with E-state index >= 15 is 0 Å². The van der Waals surface area contributed by atoms with Crippen molar-refractivity contribution in [2.24, 2.45) is 5.73 Å². The highest BCUT2D eigenvalue weighted by atomic mass is 35.5. The van der Waals surface area contributed by atoms with E-state index in [4.69, 9.17) is 26.8 Å². The maximum absolute atomic E-state index is 13.1. The molecule has 3 nitrogen and oxygen atoms in total. The second kappa shape index (κ2) is 5.10. The van der Waals surface area contributed by atoms with Crippen molar-refractivity contribution in [2.45, 2.75) is 12.1 Å². The van der Waals surface area contributed by atoms with Crippen molar-refractivity contribution in [3.8, 4) is 0 Å². The Morgan fingerprint density at radius 1 is 1.44 bits per heavy atom. The van der Waals surface area contributed by atoms with Crippen LogP contribution >= 0.6 is 11.6 Å². The molecular weight excluding hydrogens is 233 g/mol. The lowest BCUT2D eigenvalue weighted by Gasteiger charge is -2.28. The van der Waals surface area contributed by atoms with Gasteiger partial charge in [0.1, 0.15) is 11.9 Å². The third-order valence-electron chi connectivity index (χ3n) is 2.56. The fraction of sp³-hybridized carbons (Fsp3) is 0.455. The minimum Gasteiger partial charge on any atom is -0.376 e. The Bertz CT molecular complexity index is 369. The molecule has 88 valence electrons. The van der Waals surface area contributed by atoms with E-state index < -0.39 is 6.04 Å². The molecule has 2 atom stereocenters. The number of ether oxygens (including phenoxy) is 2. The van der Waals surface area contributed by atoms with Crippen LogP contribution in [0.1, 0.15) is 11.6 Å². The Labute approximate surface area is 98.3 Å². The zero-order valence-corrected chi connectivity index (χ0v) is 9.41. The molecule has 0 bridgehead atoms. The Morgan fingerprint density at radius 3 is 2.94 bits per heavy atom. The van der Waals surface area contributed by atoms with E-state index in [-0.39, 0.29) is 11.9 Å². The smallest absolute Gasteiger partial charge is 0.123 e. The van der Waals surface area contributed by atoms with Crippen LogP contribution in [0.25, 0.3) is 0 Å². The summed E-state index contributed by atoms with van der Waals surface area (Å²) in [5.74, 6) is -0.355. The molecule has 2 unspecified atom stereocenters. The van der Waals surface area contributed by atoms with Crippen LogP contribution in [0.4, 0.5) is 4.39 Å². The molecular formula is C11H13ClFNO2. The van der Waals surface area contributed by atoms with E-state index in [0.717, 1.165) is 0 Å². The van der Waals surface area contributed by atoms with Crippen molar-refractivity contribution in [3.05, 3.63) is 34.6 Å². The number of nitrogens with two attached hydrogens (primary N) is 1. The minimum absolute atomic E-state index is 0.270. The van der Waals surface area contributed by atoms with Crippen LogP contribution < -0.4 is 5.73 Å². The van der Waals surface area contributed by atoms with E-state index in [2.05, 4.69) is 0 Å². The third kappa shape index (κ3) is 2.52. The van der Waals surface area contributed by atoms with Gasteiger partial charge in [0.05, 0.1) is 25.9 Å². The molecule has 1 heterocycles. The number of hydrogen-bond acceptors (Lipinski definition) is 3. The molecule has 1 aliphatic rings. The lowest BCUT2D eigenvalue weighted by Crippen LogP contribution is -2.38. The fourth-order valence-electron chi connectivity index (χ4n) is 1.68.